The molecule has 0 spiro atoms. The zero-order valence-corrected chi connectivity index (χ0v) is 19.2. The van der Waals surface area contributed by atoms with Gasteiger partial charge in [0, 0.05) is 25.4 Å². The van der Waals surface area contributed by atoms with Crippen LogP contribution in [0.1, 0.15) is 17.1 Å². The quantitative estimate of drug-likeness (QED) is 0.356. The van der Waals surface area contributed by atoms with Crippen molar-refractivity contribution >= 4 is 22.5 Å². The van der Waals surface area contributed by atoms with Crippen LogP contribution >= 0.6 is 0 Å². The molecule has 0 saturated heterocycles. The minimum atomic E-state index is -0.701. The number of nitrogens with one attached hydrogen (secondary N) is 1. The second kappa shape index (κ2) is 10.2. The summed E-state index contributed by atoms with van der Waals surface area (Å²) in [5, 5.41) is 2.96. The lowest BCUT2D eigenvalue weighted by atomic mass is 10.2. The van der Waals surface area contributed by atoms with E-state index in [0.717, 1.165) is 0 Å². The molecule has 5 rings (SSSR count). The lowest BCUT2D eigenvalue weighted by molar-refractivity contribution is 0.625. The van der Waals surface area contributed by atoms with E-state index in [2.05, 4.69) is 42.1 Å². The van der Waals surface area contributed by atoms with E-state index in [-0.39, 0.29) is 35.4 Å². The van der Waals surface area contributed by atoms with Crippen LogP contribution in [0, 0.1) is 23.5 Å². The first kappa shape index (κ1) is 23.5. The van der Waals surface area contributed by atoms with Gasteiger partial charge < -0.3 is 11.1 Å². The Morgan fingerprint density at radius 2 is 1.89 bits per heavy atom. The van der Waals surface area contributed by atoms with Gasteiger partial charge in [-0.1, -0.05) is 18.1 Å². The number of nitrogen functional groups attached to an aromatic ring is 1. The fourth-order valence-electron chi connectivity index (χ4n) is 3.72. The summed E-state index contributed by atoms with van der Waals surface area (Å²) in [6, 6.07) is 9.69. The highest BCUT2D eigenvalue weighted by Crippen LogP contribution is 2.18. The molecule has 0 aliphatic carbocycles. The van der Waals surface area contributed by atoms with Gasteiger partial charge in [-0.15, -0.1) is 0 Å². The first-order valence-electron chi connectivity index (χ1n) is 11.1. The van der Waals surface area contributed by atoms with Crippen molar-refractivity contribution in [3.63, 3.8) is 0 Å². The summed E-state index contributed by atoms with van der Waals surface area (Å²) < 4.78 is 29.7. The third kappa shape index (κ3) is 4.94. The molecule has 0 saturated carbocycles. The largest absolute Gasteiger partial charge is 0.382 e. The number of hydrogen-bond donors (Lipinski definition) is 2. The van der Waals surface area contributed by atoms with Gasteiger partial charge >= 0.3 is 0 Å². The molecular formula is C26H18F2N8O. The topological polar surface area (TPSA) is 124 Å². The molecule has 0 unspecified atom stereocenters. The number of nitrogens with two attached hydrogens (primary N) is 1. The second-order valence-corrected chi connectivity index (χ2v) is 7.78. The molecular weight excluding hydrogens is 478 g/mol. The fraction of sp³-hybridized carbons (Fsp3) is 0.0769. The normalized spacial score (nSPS) is 10.6. The minimum absolute atomic E-state index is 0.171. The van der Waals surface area contributed by atoms with Crippen LogP contribution in [0.25, 0.3) is 16.6 Å². The number of nitrogens with zero attached hydrogens (tertiary/aromatic N) is 6. The number of halogens is 2. The molecule has 5 aromatic rings. The van der Waals surface area contributed by atoms with Crippen LogP contribution in [0.4, 0.5) is 20.4 Å². The van der Waals surface area contributed by atoms with Gasteiger partial charge in [-0.25, -0.2) is 28.7 Å². The Hall–Kier alpha value is -5.24. The van der Waals surface area contributed by atoms with Gasteiger partial charge in [-0.05, 0) is 36.3 Å². The molecule has 0 fully saturated rings. The van der Waals surface area contributed by atoms with E-state index in [0.29, 0.717) is 22.9 Å². The Kier molecular flexibility index (Phi) is 6.46. The fourth-order valence-corrected chi connectivity index (χ4v) is 3.72. The van der Waals surface area contributed by atoms with E-state index in [9.17, 15) is 13.6 Å². The number of hydrogen-bond acceptors (Lipinski definition) is 8. The van der Waals surface area contributed by atoms with E-state index in [1.807, 2.05) is 0 Å². The van der Waals surface area contributed by atoms with Crippen LogP contribution in [0.5, 0.6) is 0 Å². The van der Waals surface area contributed by atoms with E-state index in [1.165, 1.54) is 59.8 Å². The maximum Gasteiger partial charge on any atom is 0.268 e. The molecule has 0 radical (unpaired) electrons. The van der Waals surface area contributed by atoms with Gasteiger partial charge in [0.15, 0.2) is 0 Å². The monoisotopic (exact) mass is 496 g/mol. The predicted molar refractivity (Wildman–Crippen MR) is 134 cm³/mol. The molecule has 0 amide bonds. The second-order valence-electron chi connectivity index (χ2n) is 7.78. The van der Waals surface area contributed by atoms with Crippen LogP contribution in [0.2, 0.25) is 0 Å². The van der Waals surface area contributed by atoms with Crippen molar-refractivity contribution in [2.24, 2.45) is 0 Å². The summed E-state index contributed by atoms with van der Waals surface area (Å²) in [6.07, 6.45) is 6.08. The minimum Gasteiger partial charge on any atom is -0.382 e. The van der Waals surface area contributed by atoms with Crippen LogP contribution in [0.3, 0.4) is 0 Å². The molecule has 37 heavy (non-hydrogen) atoms. The molecule has 0 bridgehead atoms. The highest BCUT2D eigenvalue weighted by Gasteiger charge is 2.16. The van der Waals surface area contributed by atoms with Gasteiger partial charge in [-0.2, -0.15) is 0 Å². The number of rotatable bonds is 5. The average molecular weight is 496 g/mol. The smallest absolute Gasteiger partial charge is 0.268 e. The predicted octanol–water partition coefficient (Wildman–Crippen LogP) is 2.88. The number of benzene rings is 2. The summed E-state index contributed by atoms with van der Waals surface area (Å²) in [4.78, 5) is 34.1. The standard InChI is InChI=1S/C26H18F2N8O/c27-16-3-1-4-18(13-16)36-22(35-21-6-2-5-20(28)23(21)26(36)37)9-10-32-25-19(24(29)33-15-34-25)8-7-17-14-30-11-12-31-17/h1-6,11-15H,9-10H2,(H3,29,32,33,34). The molecule has 0 aliphatic rings. The van der Waals surface area contributed by atoms with Crippen LogP contribution in [-0.2, 0) is 6.42 Å². The summed E-state index contributed by atoms with van der Waals surface area (Å²) >= 11 is 0. The van der Waals surface area contributed by atoms with Gasteiger partial charge in [0.05, 0.1) is 17.4 Å². The average Bonchev–Trinajstić information content (AvgIpc) is 2.89. The Morgan fingerprint density at radius 3 is 2.70 bits per heavy atom. The highest BCUT2D eigenvalue weighted by molar-refractivity contribution is 5.78. The Bertz CT molecular complexity index is 1730. The van der Waals surface area contributed by atoms with Gasteiger partial charge in [0.2, 0.25) is 0 Å². The summed E-state index contributed by atoms with van der Waals surface area (Å²) in [5.41, 5.74) is 6.64. The summed E-state index contributed by atoms with van der Waals surface area (Å²) in [7, 11) is 0. The zero-order valence-electron chi connectivity index (χ0n) is 19.2. The number of fused-ring (bicyclic) bond motifs is 1. The summed E-state index contributed by atoms with van der Waals surface area (Å²) in [6.45, 7) is 0.249. The molecule has 3 N–H and O–H groups in total. The summed E-state index contributed by atoms with van der Waals surface area (Å²) in [5.74, 6) is 5.38. The van der Waals surface area contributed by atoms with Crippen LogP contribution < -0.4 is 16.6 Å². The molecule has 0 aliphatic heterocycles. The van der Waals surface area contributed by atoms with E-state index in [1.54, 1.807) is 12.1 Å². The molecule has 11 heteroatoms. The molecule has 3 aromatic heterocycles. The highest BCUT2D eigenvalue weighted by atomic mass is 19.1. The SMILES string of the molecule is Nc1ncnc(NCCc2nc3cccc(F)c3c(=O)n2-c2cccc(F)c2)c1C#Cc1cnccn1. The Balaban J connectivity index is 1.49. The van der Waals surface area contributed by atoms with Crippen molar-refractivity contribution in [2.75, 3.05) is 17.6 Å². The maximum absolute atomic E-state index is 14.5. The number of anilines is 2. The number of aromatic nitrogens is 6. The molecule has 3 heterocycles. The van der Waals surface area contributed by atoms with Crippen molar-refractivity contribution in [1.82, 2.24) is 29.5 Å². The van der Waals surface area contributed by atoms with Crippen LogP contribution in [-0.4, -0.2) is 36.0 Å². The molecule has 2 aromatic carbocycles. The van der Waals surface area contributed by atoms with Crippen molar-refractivity contribution < 1.29 is 8.78 Å². The lowest BCUT2D eigenvalue weighted by Gasteiger charge is -2.15. The molecule has 182 valence electrons. The van der Waals surface area contributed by atoms with Crippen LogP contribution in [0.15, 0.2) is 72.2 Å². The molecule has 9 nitrogen and oxygen atoms in total. The van der Waals surface area contributed by atoms with Crippen molar-refractivity contribution in [2.45, 2.75) is 6.42 Å². The van der Waals surface area contributed by atoms with E-state index in [4.69, 9.17) is 5.73 Å². The first-order chi connectivity index (χ1) is 18.0. The van der Waals surface area contributed by atoms with Crippen molar-refractivity contribution in [1.29, 1.82) is 0 Å². The third-order valence-corrected chi connectivity index (χ3v) is 5.38. The zero-order chi connectivity index (χ0) is 25.8. The van der Waals surface area contributed by atoms with Gasteiger partial charge in [-0.3, -0.25) is 14.3 Å². The van der Waals surface area contributed by atoms with Gasteiger partial charge in [0.1, 0.15) is 52.1 Å². The van der Waals surface area contributed by atoms with Gasteiger partial charge in [0.25, 0.3) is 5.56 Å². The Labute approximate surface area is 209 Å². The van der Waals surface area contributed by atoms with Crippen molar-refractivity contribution in [3.8, 4) is 17.5 Å². The first-order valence-corrected chi connectivity index (χ1v) is 11.1. The van der Waals surface area contributed by atoms with E-state index < -0.39 is 17.2 Å². The molecule has 0 atom stereocenters. The van der Waals surface area contributed by atoms with Crippen molar-refractivity contribution in [3.05, 3.63) is 106 Å². The Morgan fingerprint density at radius 1 is 1.03 bits per heavy atom. The maximum atomic E-state index is 14.5. The van der Waals surface area contributed by atoms with E-state index >= 15 is 0 Å². The lowest BCUT2D eigenvalue weighted by Crippen LogP contribution is -2.26. The third-order valence-electron chi connectivity index (χ3n) is 5.38.